The van der Waals surface area contributed by atoms with Crippen LogP contribution in [0.2, 0.25) is 0 Å². The van der Waals surface area contributed by atoms with Gasteiger partial charge in [-0.1, -0.05) is 0 Å². The van der Waals surface area contributed by atoms with Crippen LogP contribution in [0.25, 0.3) is 0 Å². The highest BCUT2D eigenvalue weighted by Gasteiger charge is 2.38. The number of amides is 2. The van der Waals surface area contributed by atoms with E-state index < -0.39 is 17.4 Å². The number of carbonyl (C=O) groups is 3. The Hall–Kier alpha value is -1.59. The number of aliphatic carboxylic acids is 1. The Morgan fingerprint density at radius 2 is 2.00 bits per heavy atom. The first-order chi connectivity index (χ1) is 8.12. The molecule has 0 aromatic rings. The Labute approximate surface area is 107 Å². The molecule has 0 aliphatic carbocycles. The van der Waals surface area contributed by atoms with Crippen molar-refractivity contribution < 1.29 is 19.5 Å². The van der Waals surface area contributed by atoms with Crippen LogP contribution in [-0.4, -0.2) is 58.4 Å². The van der Waals surface area contributed by atoms with Gasteiger partial charge in [0.2, 0.25) is 11.8 Å². The minimum absolute atomic E-state index is 0.0717. The number of carboxylic acid groups (broad SMARTS) is 1. The summed E-state index contributed by atoms with van der Waals surface area (Å²) >= 11 is 0. The molecule has 1 aliphatic heterocycles. The zero-order valence-corrected chi connectivity index (χ0v) is 11.3. The number of likely N-dealkylation sites (tertiary alicyclic amines) is 1. The molecule has 6 heteroatoms. The Bertz CT molecular complexity index is 373. The summed E-state index contributed by atoms with van der Waals surface area (Å²) in [6.07, 6.45) is 0.168. The van der Waals surface area contributed by atoms with E-state index in [9.17, 15) is 14.4 Å². The lowest BCUT2D eigenvalue weighted by Crippen LogP contribution is -2.50. The number of rotatable bonds is 3. The van der Waals surface area contributed by atoms with E-state index in [-0.39, 0.29) is 24.8 Å². The van der Waals surface area contributed by atoms with E-state index >= 15 is 0 Å². The summed E-state index contributed by atoms with van der Waals surface area (Å²) in [6.45, 7) is 5.39. The number of carbonyl (C=O) groups excluding carboxylic acids is 2. The van der Waals surface area contributed by atoms with Crippen LogP contribution in [0.4, 0.5) is 0 Å². The Morgan fingerprint density at radius 1 is 1.44 bits per heavy atom. The molecule has 102 valence electrons. The van der Waals surface area contributed by atoms with Crippen LogP contribution in [0.15, 0.2) is 0 Å². The highest BCUT2D eigenvalue weighted by atomic mass is 16.4. The number of hydrogen-bond acceptors (Lipinski definition) is 3. The summed E-state index contributed by atoms with van der Waals surface area (Å²) < 4.78 is 0. The van der Waals surface area contributed by atoms with Crippen LogP contribution in [-0.2, 0) is 14.4 Å². The molecule has 1 atom stereocenters. The summed E-state index contributed by atoms with van der Waals surface area (Å²) in [4.78, 5) is 37.4. The summed E-state index contributed by atoms with van der Waals surface area (Å²) in [5.74, 6) is -1.81. The van der Waals surface area contributed by atoms with Crippen molar-refractivity contribution in [2.45, 2.75) is 32.7 Å². The molecule has 0 aromatic carbocycles. The van der Waals surface area contributed by atoms with E-state index in [4.69, 9.17) is 5.11 Å². The van der Waals surface area contributed by atoms with Gasteiger partial charge in [0.15, 0.2) is 0 Å². The lowest BCUT2D eigenvalue weighted by Gasteiger charge is -2.36. The topological polar surface area (TPSA) is 77.9 Å². The van der Waals surface area contributed by atoms with Gasteiger partial charge < -0.3 is 14.9 Å². The zero-order valence-electron chi connectivity index (χ0n) is 11.3. The summed E-state index contributed by atoms with van der Waals surface area (Å²) in [7, 11) is 1.65. The molecule has 0 aromatic heterocycles. The molecule has 1 N–H and O–H groups in total. The first kappa shape index (κ1) is 14.5. The SMILES string of the molecule is CN1CC(C(=O)N(CC(=O)O)C(C)(C)C)CC1=O. The molecule has 6 nitrogen and oxygen atoms in total. The van der Waals surface area contributed by atoms with Gasteiger partial charge in [-0.15, -0.1) is 0 Å². The normalized spacial score (nSPS) is 20.1. The quantitative estimate of drug-likeness (QED) is 0.781. The Kier molecular flexibility index (Phi) is 3.98. The van der Waals surface area contributed by atoms with Gasteiger partial charge in [0.1, 0.15) is 6.54 Å². The van der Waals surface area contributed by atoms with Gasteiger partial charge in [0, 0.05) is 25.6 Å². The van der Waals surface area contributed by atoms with E-state index in [1.54, 1.807) is 27.8 Å². The van der Waals surface area contributed by atoms with Crippen LogP contribution in [0.5, 0.6) is 0 Å². The van der Waals surface area contributed by atoms with Crippen molar-refractivity contribution in [3.8, 4) is 0 Å². The van der Waals surface area contributed by atoms with Gasteiger partial charge in [-0.05, 0) is 20.8 Å². The maximum absolute atomic E-state index is 12.3. The second-order valence-electron chi connectivity index (χ2n) is 5.66. The van der Waals surface area contributed by atoms with Crippen molar-refractivity contribution in [3.63, 3.8) is 0 Å². The van der Waals surface area contributed by atoms with Gasteiger partial charge in [-0.25, -0.2) is 0 Å². The number of nitrogens with zero attached hydrogens (tertiary/aromatic N) is 2. The first-order valence-corrected chi connectivity index (χ1v) is 5.90. The Morgan fingerprint density at radius 3 is 2.33 bits per heavy atom. The second kappa shape index (κ2) is 4.96. The first-order valence-electron chi connectivity index (χ1n) is 5.90. The van der Waals surface area contributed by atoms with Gasteiger partial charge in [0.05, 0.1) is 5.92 Å². The highest BCUT2D eigenvalue weighted by Crippen LogP contribution is 2.23. The van der Waals surface area contributed by atoms with Crippen molar-refractivity contribution in [2.24, 2.45) is 5.92 Å². The Balaban J connectivity index is 2.84. The molecule has 0 bridgehead atoms. The van der Waals surface area contributed by atoms with Crippen LogP contribution in [0.1, 0.15) is 27.2 Å². The minimum atomic E-state index is -1.05. The van der Waals surface area contributed by atoms with Crippen molar-refractivity contribution >= 4 is 17.8 Å². The van der Waals surface area contributed by atoms with Crippen molar-refractivity contribution in [3.05, 3.63) is 0 Å². The fourth-order valence-electron chi connectivity index (χ4n) is 2.03. The van der Waals surface area contributed by atoms with E-state index in [1.165, 1.54) is 9.80 Å². The molecule has 2 amide bonds. The predicted molar refractivity (Wildman–Crippen MR) is 64.8 cm³/mol. The molecule has 0 spiro atoms. The van der Waals surface area contributed by atoms with Gasteiger partial charge in [-0.2, -0.15) is 0 Å². The number of hydrogen-bond donors (Lipinski definition) is 1. The molecule has 1 unspecified atom stereocenters. The third-order valence-corrected chi connectivity index (χ3v) is 3.06. The highest BCUT2D eigenvalue weighted by molar-refractivity contribution is 5.90. The molecular formula is C12H20N2O4. The average Bonchev–Trinajstić information content (AvgIpc) is 2.53. The smallest absolute Gasteiger partial charge is 0.323 e. The third kappa shape index (κ3) is 3.21. The monoisotopic (exact) mass is 256 g/mol. The van der Waals surface area contributed by atoms with Crippen molar-refractivity contribution in [2.75, 3.05) is 20.1 Å². The minimum Gasteiger partial charge on any atom is -0.480 e. The van der Waals surface area contributed by atoms with Crippen LogP contribution < -0.4 is 0 Å². The van der Waals surface area contributed by atoms with E-state index in [1.807, 2.05) is 0 Å². The standard InChI is InChI=1S/C12H20N2O4/c1-12(2,3)14(7-10(16)17)11(18)8-5-9(15)13(4)6-8/h8H,5-7H2,1-4H3,(H,16,17). The van der Waals surface area contributed by atoms with Gasteiger partial charge >= 0.3 is 5.97 Å². The molecule has 1 heterocycles. The third-order valence-electron chi connectivity index (χ3n) is 3.06. The molecule has 1 aliphatic rings. The molecule has 18 heavy (non-hydrogen) atoms. The van der Waals surface area contributed by atoms with Gasteiger partial charge in [0.25, 0.3) is 0 Å². The van der Waals surface area contributed by atoms with E-state index in [2.05, 4.69) is 0 Å². The van der Waals surface area contributed by atoms with Gasteiger partial charge in [-0.3, -0.25) is 14.4 Å². The predicted octanol–water partition coefficient (Wildman–Crippen LogP) is 0.176. The zero-order chi connectivity index (χ0) is 14.1. The van der Waals surface area contributed by atoms with Crippen molar-refractivity contribution in [1.82, 2.24) is 9.80 Å². The second-order valence-corrected chi connectivity index (χ2v) is 5.66. The van der Waals surface area contributed by atoms with Crippen molar-refractivity contribution in [1.29, 1.82) is 0 Å². The number of carboxylic acids is 1. The largest absolute Gasteiger partial charge is 0.480 e. The lowest BCUT2D eigenvalue weighted by molar-refractivity contribution is -0.150. The molecule has 1 fully saturated rings. The maximum Gasteiger partial charge on any atom is 0.323 e. The maximum atomic E-state index is 12.3. The lowest BCUT2D eigenvalue weighted by atomic mass is 10.0. The summed E-state index contributed by atoms with van der Waals surface area (Å²) in [6, 6.07) is 0. The van der Waals surface area contributed by atoms with Crippen LogP contribution in [0.3, 0.4) is 0 Å². The fourth-order valence-corrected chi connectivity index (χ4v) is 2.03. The van der Waals surface area contributed by atoms with E-state index in [0.717, 1.165) is 0 Å². The molecule has 0 radical (unpaired) electrons. The fraction of sp³-hybridized carbons (Fsp3) is 0.750. The van der Waals surface area contributed by atoms with Crippen LogP contribution >= 0.6 is 0 Å². The average molecular weight is 256 g/mol. The summed E-state index contributed by atoms with van der Waals surface area (Å²) in [5, 5.41) is 8.87. The summed E-state index contributed by atoms with van der Waals surface area (Å²) in [5.41, 5.74) is -0.570. The van der Waals surface area contributed by atoms with Crippen LogP contribution in [0, 0.1) is 5.92 Å². The molecule has 1 rings (SSSR count). The molecule has 1 saturated heterocycles. The molecule has 0 saturated carbocycles. The molecular weight excluding hydrogens is 236 g/mol. The van der Waals surface area contributed by atoms with E-state index in [0.29, 0.717) is 6.54 Å².